The lowest BCUT2D eigenvalue weighted by molar-refractivity contribution is 0.0697. The number of nitrogens with zero attached hydrogens (tertiary/aromatic N) is 3. The van der Waals surface area contributed by atoms with Gasteiger partial charge in [0.15, 0.2) is 0 Å². The van der Waals surface area contributed by atoms with E-state index in [4.69, 9.17) is 0 Å². The molecule has 1 aliphatic rings. The van der Waals surface area contributed by atoms with Crippen LogP contribution >= 0.6 is 0 Å². The summed E-state index contributed by atoms with van der Waals surface area (Å²) in [6, 6.07) is 6.97. The maximum Gasteiger partial charge on any atom is 0.255 e. The number of carbonyl (C=O) groups is 1. The molecule has 0 N–H and O–H groups in total. The van der Waals surface area contributed by atoms with Gasteiger partial charge >= 0.3 is 0 Å². The van der Waals surface area contributed by atoms with E-state index >= 15 is 0 Å². The molecule has 1 saturated heterocycles. The smallest absolute Gasteiger partial charge is 0.255 e. The van der Waals surface area contributed by atoms with Gasteiger partial charge in [-0.1, -0.05) is 0 Å². The Hall–Kier alpha value is -2.19. The third-order valence-electron chi connectivity index (χ3n) is 5.21. The molecular weight excluding hydrogens is 381 g/mol. The molecule has 8 heteroatoms. The third kappa shape index (κ3) is 3.71. The maximum atomic E-state index is 13.1. The number of amides is 1. The van der Waals surface area contributed by atoms with Crippen LogP contribution in [0, 0.1) is 19.7 Å². The summed E-state index contributed by atoms with van der Waals surface area (Å²) in [5.41, 5.74) is 2.63. The van der Waals surface area contributed by atoms with Crippen LogP contribution in [0.25, 0.3) is 0 Å². The van der Waals surface area contributed by atoms with Crippen LogP contribution in [0.15, 0.2) is 35.2 Å². The quantitative estimate of drug-likeness (QED) is 0.783. The first-order valence-corrected chi connectivity index (χ1v) is 10.8. The summed E-state index contributed by atoms with van der Waals surface area (Å²) < 4.78 is 42.0. The molecule has 152 valence electrons. The van der Waals surface area contributed by atoms with E-state index in [1.54, 1.807) is 4.90 Å². The predicted octanol–water partition coefficient (Wildman–Crippen LogP) is 2.97. The lowest BCUT2D eigenvalue weighted by atomic mass is 10.2. The lowest BCUT2D eigenvalue weighted by Crippen LogP contribution is -2.50. The minimum absolute atomic E-state index is 0.0640. The van der Waals surface area contributed by atoms with E-state index in [0.717, 1.165) is 23.5 Å². The second-order valence-electron chi connectivity index (χ2n) is 7.40. The fourth-order valence-electron chi connectivity index (χ4n) is 3.85. The molecule has 28 heavy (non-hydrogen) atoms. The number of hydrogen-bond donors (Lipinski definition) is 0. The van der Waals surface area contributed by atoms with Crippen LogP contribution in [0.2, 0.25) is 0 Å². The van der Waals surface area contributed by atoms with Crippen molar-refractivity contribution in [1.29, 1.82) is 0 Å². The number of rotatable bonds is 4. The molecule has 0 spiro atoms. The van der Waals surface area contributed by atoms with Crippen molar-refractivity contribution < 1.29 is 17.6 Å². The second-order valence-corrected chi connectivity index (χ2v) is 9.34. The average molecular weight is 408 g/mol. The van der Waals surface area contributed by atoms with Crippen LogP contribution in [0.4, 0.5) is 4.39 Å². The van der Waals surface area contributed by atoms with E-state index in [1.165, 1.54) is 16.4 Å². The summed E-state index contributed by atoms with van der Waals surface area (Å²) >= 11 is 0. The van der Waals surface area contributed by atoms with Crippen molar-refractivity contribution in [3.05, 3.63) is 53.1 Å². The fraction of sp³-hybridized carbons (Fsp3) is 0.450. The van der Waals surface area contributed by atoms with Gasteiger partial charge < -0.3 is 9.47 Å². The number of piperazine rings is 1. The molecule has 0 unspecified atom stereocenters. The van der Waals surface area contributed by atoms with E-state index in [1.807, 2.05) is 19.9 Å². The molecule has 0 aliphatic carbocycles. The molecule has 1 fully saturated rings. The molecule has 0 saturated carbocycles. The molecule has 3 rings (SSSR count). The summed E-state index contributed by atoms with van der Waals surface area (Å²) in [5.74, 6) is -0.549. The Morgan fingerprint density at radius 3 is 2.11 bits per heavy atom. The van der Waals surface area contributed by atoms with Crippen LogP contribution in [0.1, 0.15) is 41.6 Å². The van der Waals surface area contributed by atoms with Crippen molar-refractivity contribution >= 4 is 15.9 Å². The van der Waals surface area contributed by atoms with E-state index in [-0.39, 0.29) is 29.9 Å². The predicted molar refractivity (Wildman–Crippen MR) is 105 cm³/mol. The first-order chi connectivity index (χ1) is 13.1. The topological polar surface area (TPSA) is 62.6 Å². The molecule has 2 aromatic rings. The van der Waals surface area contributed by atoms with Crippen LogP contribution in [-0.4, -0.2) is 54.3 Å². The number of carbonyl (C=O) groups excluding carboxylic acids is 1. The van der Waals surface area contributed by atoms with Crippen molar-refractivity contribution in [2.24, 2.45) is 0 Å². The van der Waals surface area contributed by atoms with Crippen LogP contribution in [0.3, 0.4) is 0 Å². The molecule has 6 nitrogen and oxygen atoms in total. The van der Waals surface area contributed by atoms with E-state index in [0.29, 0.717) is 18.7 Å². The van der Waals surface area contributed by atoms with Gasteiger partial charge in [-0.05, 0) is 58.0 Å². The van der Waals surface area contributed by atoms with Gasteiger partial charge in [-0.15, -0.1) is 0 Å². The minimum Gasteiger partial charge on any atom is -0.346 e. The van der Waals surface area contributed by atoms with Crippen LogP contribution in [0.5, 0.6) is 0 Å². The molecule has 0 radical (unpaired) electrons. The first-order valence-electron chi connectivity index (χ1n) is 9.36. The number of aromatic nitrogens is 1. The monoisotopic (exact) mass is 407 g/mol. The largest absolute Gasteiger partial charge is 0.346 e. The Morgan fingerprint density at radius 1 is 1.04 bits per heavy atom. The highest BCUT2D eigenvalue weighted by atomic mass is 32.2. The van der Waals surface area contributed by atoms with Gasteiger partial charge in [0.05, 0.1) is 10.5 Å². The Kier molecular flexibility index (Phi) is 5.63. The maximum absolute atomic E-state index is 13.1. The van der Waals surface area contributed by atoms with E-state index in [9.17, 15) is 17.6 Å². The minimum atomic E-state index is -3.69. The zero-order chi connectivity index (χ0) is 20.6. The molecule has 0 bridgehead atoms. The van der Waals surface area contributed by atoms with Gasteiger partial charge in [-0.2, -0.15) is 4.31 Å². The van der Waals surface area contributed by atoms with Crippen molar-refractivity contribution in [2.75, 3.05) is 26.2 Å². The summed E-state index contributed by atoms with van der Waals surface area (Å²) in [7, 11) is -3.69. The van der Waals surface area contributed by atoms with Gasteiger partial charge in [0.1, 0.15) is 5.82 Å². The van der Waals surface area contributed by atoms with Crippen molar-refractivity contribution in [3.63, 3.8) is 0 Å². The highest BCUT2D eigenvalue weighted by Crippen LogP contribution is 2.23. The van der Waals surface area contributed by atoms with Crippen molar-refractivity contribution in [1.82, 2.24) is 13.8 Å². The Labute approximate surface area is 165 Å². The summed E-state index contributed by atoms with van der Waals surface area (Å²) in [6.45, 7) is 9.16. The Morgan fingerprint density at radius 2 is 1.61 bits per heavy atom. The zero-order valence-electron chi connectivity index (χ0n) is 16.6. The molecular formula is C20H26FN3O3S. The molecule has 1 aromatic heterocycles. The van der Waals surface area contributed by atoms with E-state index in [2.05, 4.69) is 18.4 Å². The third-order valence-corrected chi connectivity index (χ3v) is 7.12. The number of hydrogen-bond acceptors (Lipinski definition) is 3. The summed E-state index contributed by atoms with van der Waals surface area (Å²) in [5, 5.41) is 0. The molecule has 1 aliphatic heterocycles. The molecule has 2 heterocycles. The van der Waals surface area contributed by atoms with Gasteiger partial charge in [0.2, 0.25) is 10.0 Å². The number of aryl methyl sites for hydroxylation is 1. The normalized spacial score (nSPS) is 16.0. The highest BCUT2D eigenvalue weighted by molar-refractivity contribution is 7.89. The SMILES string of the molecule is Cc1cc(C(=O)N2CCN(S(=O)(=O)c3ccc(F)cc3)CC2)c(C)n1C(C)C. The van der Waals surface area contributed by atoms with Crippen molar-refractivity contribution in [2.45, 2.75) is 38.6 Å². The fourth-order valence-corrected chi connectivity index (χ4v) is 5.27. The number of benzene rings is 1. The van der Waals surface area contributed by atoms with Gasteiger partial charge in [-0.25, -0.2) is 12.8 Å². The highest BCUT2D eigenvalue weighted by Gasteiger charge is 2.31. The second kappa shape index (κ2) is 7.67. The summed E-state index contributed by atoms with van der Waals surface area (Å²) in [6.07, 6.45) is 0. The lowest BCUT2D eigenvalue weighted by Gasteiger charge is -2.34. The number of halogens is 1. The van der Waals surface area contributed by atoms with E-state index < -0.39 is 15.8 Å². The average Bonchev–Trinajstić information content (AvgIpc) is 2.96. The number of sulfonamides is 1. The molecule has 1 aromatic carbocycles. The van der Waals surface area contributed by atoms with Crippen molar-refractivity contribution in [3.8, 4) is 0 Å². The van der Waals surface area contributed by atoms with Crippen LogP contribution in [-0.2, 0) is 10.0 Å². The Balaban J connectivity index is 1.73. The molecule has 0 atom stereocenters. The first kappa shape index (κ1) is 20.5. The standard InChI is InChI=1S/C20H26FN3O3S/c1-14(2)24-15(3)13-19(16(24)4)20(25)22-9-11-23(12-10-22)28(26,27)18-7-5-17(21)6-8-18/h5-8,13-14H,9-12H2,1-4H3. The van der Waals surface area contributed by atoms with Crippen LogP contribution < -0.4 is 0 Å². The molecule has 1 amide bonds. The zero-order valence-corrected chi connectivity index (χ0v) is 17.5. The van der Waals surface area contributed by atoms with Gasteiger partial charge in [0, 0.05) is 43.6 Å². The van der Waals surface area contributed by atoms with Gasteiger partial charge in [-0.3, -0.25) is 4.79 Å². The summed E-state index contributed by atoms with van der Waals surface area (Å²) in [4.78, 5) is 14.7. The Bertz CT molecular complexity index is 973. The van der Waals surface area contributed by atoms with Gasteiger partial charge in [0.25, 0.3) is 5.91 Å².